The van der Waals surface area contributed by atoms with Crippen LogP contribution in [-0.4, -0.2) is 45.9 Å². The van der Waals surface area contributed by atoms with E-state index in [4.69, 9.17) is 11.6 Å². The molecule has 3 aromatic rings. The van der Waals surface area contributed by atoms with Gasteiger partial charge in [0.2, 0.25) is 0 Å². The number of nitrogens with one attached hydrogen (secondary N) is 1. The van der Waals surface area contributed by atoms with Gasteiger partial charge < -0.3 is 4.98 Å². The summed E-state index contributed by atoms with van der Waals surface area (Å²) in [5, 5.41) is 1.07. The topological polar surface area (TPSA) is 52.2 Å². The lowest BCUT2D eigenvalue weighted by Crippen LogP contribution is -2.45. The maximum Gasteiger partial charge on any atom is 0.258 e. The number of halogens is 2. The van der Waals surface area contributed by atoms with Gasteiger partial charge in [0.05, 0.1) is 17.4 Å². The molecule has 140 valence electrons. The molecule has 0 saturated carbocycles. The van der Waals surface area contributed by atoms with Gasteiger partial charge in [0.15, 0.2) is 0 Å². The highest BCUT2D eigenvalue weighted by Crippen LogP contribution is 2.21. The van der Waals surface area contributed by atoms with E-state index in [-0.39, 0.29) is 11.4 Å². The van der Waals surface area contributed by atoms with Gasteiger partial charge in [-0.15, -0.1) is 0 Å². The average molecular weight is 387 g/mol. The molecule has 27 heavy (non-hydrogen) atoms. The lowest BCUT2D eigenvalue weighted by molar-refractivity contribution is 0.119. The minimum atomic E-state index is -0.261. The number of aromatic amines is 1. The Kier molecular flexibility index (Phi) is 5.20. The second kappa shape index (κ2) is 7.76. The van der Waals surface area contributed by atoms with Crippen LogP contribution < -0.4 is 5.56 Å². The molecule has 1 aromatic heterocycles. The molecule has 1 fully saturated rings. The van der Waals surface area contributed by atoms with Gasteiger partial charge in [0, 0.05) is 43.3 Å². The van der Waals surface area contributed by atoms with Gasteiger partial charge in [-0.3, -0.25) is 14.6 Å². The van der Waals surface area contributed by atoms with Crippen LogP contribution >= 0.6 is 11.6 Å². The normalized spacial score (nSPS) is 16.1. The van der Waals surface area contributed by atoms with Gasteiger partial charge in [-0.05, 0) is 24.3 Å². The largest absolute Gasteiger partial charge is 0.309 e. The van der Waals surface area contributed by atoms with E-state index in [9.17, 15) is 9.18 Å². The summed E-state index contributed by atoms with van der Waals surface area (Å²) in [6, 6.07) is 12.1. The van der Waals surface area contributed by atoms with Crippen LogP contribution in [0.2, 0.25) is 5.02 Å². The third-order valence-corrected chi connectivity index (χ3v) is 5.30. The van der Waals surface area contributed by atoms with Crippen LogP contribution in [0.4, 0.5) is 4.39 Å². The molecule has 5 nitrogen and oxygen atoms in total. The summed E-state index contributed by atoms with van der Waals surface area (Å²) in [5.41, 5.74) is 1.15. The molecular formula is C20H20ClFN4O. The van der Waals surface area contributed by atoms with E-state index in [2.05, 4.69) is 19.8 Å². The van der Waals surface area contributed by atoms with E-state index in [1.165, 1.54) is 6.07 Å². The molecule has 1 aliphatic rings. The number of nitrogens with zero attached hydrogens (tertiary/aromatic N) is 3. The number of fused-ring (bicyclic) bond motifs is 1. The molecule has 0 amide bonds. The first-order chi connectivity index (χ1) is 13.1. The number of para-hydroxylation sites is 1. The lowest BCUT2D eigenvalue weighted by atomic mass is 10.2. The summed E-state index contributed by atoms with van der Waals surface area (Å²) >= 11 is 6.13. The average Bonchev–Trinajstić information content (AvgIpc) is 2.66. The molecule has 2 heterocycles. The highest BCUT2D eigenvalue weighted by molar-refractivity contribution is 6.31. The molecule has 4 rings (SSSR count). The van der Waals surface area contributed by atoms with Crippen molar-refractivity contribution >= 4 is 22.5 Å². The van der Waals surface area contributed by atoms with Crippen molar-refractivity contribution < 1.29 is 4.39 Å². The van der Waals surface area contributed by atoms with Gasteiger partial charge in [0.1, 0.15) is 11.6 Å². The van der Waals surface area contributed by atoms with Gasteiger partial charge in [0.25, 0.3) is 5.56 Å². The Morgan fingerprint density at radius 2 is 1.70 bits per heavy atom. The van der Waals surface area contributed by atoms with Gasteiger partial charge >= 0.3 is 0 Å². The Bertz CT molecular complexity index is 994. The maximum atomic E-state index is 14.0. The van der Waals surface area contributed by atoms with Crippen molar-refractivity contribution in [3.8, 4) is 0 Å². The van der Waals surface area contributed by atoms with Crippen molar-refractivity contribution in [1.29, 1.82) is 0 Å². The molecule has 0 unspecified atom stereocenters. The van der Waals surface area contributed by atoms with E-state index < -0.39 is 0 Å². The van der Waals surface area contributed by atoms with Crippen molar-refractivity contribution in [1.82, 2.24) is 19.8 Å². The Balaban J connectivity index is 1.39. The standard InChI is InChI=1S/C20H20ClFN4O/c21-16-5-3-6-17(22)15(16)12-25-8-10-26(11-9-25)13-19-23-18-7-2-1-4-14(18)20(27)24-19/h1-7H,8-13H2,(H,23,24,27). The monoisotopic (exact) mass is 386 g/mol. The van der Waals surface area contributed by atoms with Crippen molar-refractivity contribution in [3.63, 3.8) is 0 Å². The first-order valence-electron chi connectivity index (χ1n) is 8.96. The molecule has 1 aliphatic heterocycles. The van der Waals surface area contributed by atoms with E-state index in [0.29, 0.717) is 40.4 Å². The van der Waals surface area contributed by atoms with Crippen molar-refractivity contribution in [2.45, 2.75) is 13.1 Å². The van der Waals surface area contributed by atoms with E-state index >= 15 is 0 Å². The lowest BCUT2D eigenvalue weighted by Gasteiger charge is -2.34. The predicted molar refractivity (Wildman–Crippen MR) is 104 cm³/mol. The predicted octanol–water partition coefficient (Wildman–Crippen LogP) is 3.03. The van der Waals surface area contributed by atoms with E-state index in [1.54, 1.807) is 18.2 Å². The van der Waals surface area contributed by atoms with Crippen LogP contribution in [0.1, 0.15) is 11.4 Å². The number of H-pyrrole nitrogens is 1. The number of hydrogen-bond donors (Lipinski definition) is 1. The fourth-order valence-electron chi connectivity index (χ4n) is 3.43. The van der Waals surface area contributed by atoms with Gasteiger partial charge in [-0.1, -0.05) is 29.8 Å². The molecule has 0 atom stereocenters. The van der Waals surface area contributed by atoms with Crippen LogP contribution in [0.3, 0.4) is 0 Å². The maximum absolute atomic E-state index is 14.0. The molecule has 2 aromatic carbocycles. The number of hydrogen-bond acceptors (Lipinski definition) is 4. The Morgan fingerprint density at radius 1 is 1.00 bits per heavy atom. The second-order valence-corrected chi connectivity index (χ2v) is 7.19. The summed E-state index contributed by atoms with van der Waals surface area (Å²) < 4.78 is 14.0. The second-order valence-electron chi connectivity index (χ2n) is 6.78. The van der Waals surface area contributed by atoms with E-state index in [1.807, 2.05) is 18.2 Å². The SMILES string of the molecule is O=c1[nH]c(CN2CCN(Cc3c(F)cccc3Cl)CC2)nc2ccccc12. The van der Waals surface area contributed by atoms with Crippen molar-refractivity contribution in [2.24, 2.45) is 0 Å². The summed E-state index contributed by atoms with van der Waals surface area (Å²) in [6.45, 7) is 4.36. The number of piperazine rings is 1. The van der Waals surface area contributed by atoms with Crippen LogP contribution in [0.25, 0.3) is 10.9 Å². The summed E-state index contributed by atoms with van der Waals surface area (Å²) in [4.78, 5) is 24.1. The molecule has 0 bridgehead atoms. The highest BCUT2D eigenvalue weighted by Gasteiger charge is 2.20. The molecule has 0 spiro atoms. The number of aromatic nitrogens is 2. The fourth-order valence-corrected chi connectivity index (χ4v) is 3.66. The quantitative estimate of drug-likeness (QED) is 0.748. The fraction of sp³-hybridized carbons (Fsp3) is 0.300. The molecule has 1 N–H and O–H groups in total. The molecule has 0 radical (unpaired) electrons. The van der Waals surface area contributed by atoms with Crippen LogP contribution in [0.5, 0.6) is 0 Å². The summed E-state index contributed by atoms with van der Waals surface area (Å²) in [5.74, 6) is 0.409. The zero-order valence-corrected chi connectivity index (χ0v) is 15.5. The van der Waals surface area contributed by atoms with Crippen molar-refractivity contribution in [3.05, 3.63) is 75.0 Å². The smallest absolute Gasteiger partial charge is 0.258 e. The Labute approximate surface area is 161 Å². The highest BCUT2D eigenvalue weighted by atomic mass is 35.5. The van der Waals surface area contributed by atoms with Crippen molar-refractivity contribution in [2.75, 3.05) is 26.2 Å². The molecule has 1 saturated heterocycles. The third kappa shape index (κ3) is 4.03. The minimum absolute atomic E-state index is 0.108. The Morgan fingerprint density at radius 3 is 2.44 bits per heavy atom. The molecule has 7 heteroatoms. The van der Waals surface area contributed by atoms with Crippen LogP contribution in [0, 0.1) is 5.82 Å². The first-order valence-corrected chi connectivity index (χ1v) is 9.33. The zero-order chi connectivity index (χ0) is 18.8. The molecule has 0 aliphatic carbocycles. The van der Waals surface area contributed by atoms with Gasteiger partial charge in [-0.25, -0.2) is 9.37 Å². The number of benzene rings is 2. The zero-order valence-electron chi connectivity index (χ0n) is 14.8. The van der Waals surface area contributed by atoms with Gasteiger partial charge in [-0.2, -0.15) is 0 Å². The van der Waals surface area contributed by atoms with E-state index in [0.717, 1.165) is 26.2 Å². The van der Waals surface area contributed by atoms with Crippen LogP contribution in [-0.2, 0) is 13.1 Å². The first kappa shape index (κ1) is 18.1. The Hall–Kier alpha value is -2.28. The number of rotatable bonds is 4. The van der Waals surface area contributed by atoms with Crippen LogP contribution in [0.15, 0.2) is 47.3 Å². The summed E-state index contributed by atoms with van der Waals surface area (Å²) in [7, 11) is 0. The third-order valence-electron chi connectivity index (χ3n) is 4.94. The minimum Gasteiger partial charge on any atom is -0.309 e. The molecular weight excluding hydrogens is 367 g/mol. The summed E-state index contributed by atoms with van der Waals surface area (Å²) in [6.07, 6.45) is 0.